The molecule has 1 amide bonds. The summed E-state index contributed by atoms with van der Waals surface area (Å²) in [5.74, 6) is 0.144. The van der Waals surface area contributed by atoms with Gasteiger partial charge in [-0.3, -0.25) is 14.5 Å². The molecule has 0 aromatic heterocycles. The van der Waals surface area contributed by atoms with Crippen LogP contribution in [0.4, 0.5) is 0 Å². The number of nitrogens with one attached hydrogen (secondary N) is 1. The van der Waals surface area contributed by atoms with Crippen LogP contribution in [0.3, 0.4) is 0 Å². The largest absolute Gasteiger partial charge is 0.345 e. The third-order valence-electron chi connectivity index (χ3n) is 4.71. The third kappa shape index (κ3) is 4.89. The molecule has 1 aliphatic rings. The molecular formula is C16H30N2O2. The van der Waals surface area contributed by atoms with E-state index in [1.807, 2.05) is 13.8 Å². The SMILES string of the molecule is CCC1(C)CCN(CC(=O)NC(C(C)=O)C(C)C)CC1. The maximum absolute atomic E-state index is 12.1. The Morgan fingerprint density at radius 1 is 1.25 bits per heavy atom. The van der Waals surface area contributed by atoms with Crippen molar-refractivity contribution in [2.75, 3.05) is 19.6 Å². The summed E-state index contributed by atoms with van der Waals surface area (Å²) in [5.41, 5.74) is 0.437. The van der Waals surface area contributed by atoms with Gasteiger partial charge in [0.05, 0.1) is 12.6 Å². The fraction of sp³-hybridized carbons (Fsp3) is 0.875. The van der Waals surface area contributed by atoms with Crippen LogP contribution >= 0.6 is 0 Å². The lowest BCUT2D eigenvalue weighted by molar-refractivity contribution is -0.128. The number of amides is 1. The van der Waals surface area contributed by atoms with Gasteiger partial charge in [-0.25, -0.2) is 0 Å². The molecule has 0 saturated carbocycles. The molecule has 1 aliphatic heterocycles. The Labute approximate surface area is 123 Å². The summed E-state index contributed by atoms with van der Waals surface area (Å²) in [6, 6.07) is -0.354. The standard InChI is InChI=1S/C16H30N2O2/c1-6-16(5)7-9-18(10-8-16)11-14(20)17-15(12(2)3)13(4)19/h12,15H,6-11H2,1-5H3,(H,17,20). The first-order valence-corrected chi connectivity index (χ1v) is 7.79. The predicted octanol–water partition coefficient (Wildman–Crippen LogP) is 2.23. The number of carbonyl (C=O) groups excluding carboxylic acids is 2. The number of rotatable bonds is 6. The minimum Gasteiger partial charge on any atom is -0.345 e. The highest BCUT2D eigenvalue weighted by atomic mass is 16.2. The molecule has 4 heteroatoms. The van der Waals surface area contributed by atoms with Crippen molar-refractivity contribution in [3.63, 3.8) is 0 Å². The molecule has 1 fully saturated rings. The van der Waals surface area contributed by atoms with Crippen molar-refractivity contribution in [1.29, 1.82) is 0 Å². The lowest BCUT2D eigenvalue weighted by Gasteiger charge is -2.38. The normalized spacial score (nSPS) is 20.7. The van der Waals surface area contributed by atoms with E-state index in [0.717, 1.165) is 25.9 Å². The number of nitrogens with zero attached hydrogens (tertiary/aromatic N) is 1. The van der Waals surface area contributed by atoms with Gasteiger partial charge in [-0.2, -0.15) is 0 Å². The number of hydrogen-bond donors (Lipinski definition) is 1. The highest BCUT2D eigenvalue weighted by Crippen LogP contribution is 2.33. The summed E-state index contributed by atoms with van der Waals surface area (Å²) in [5, 5.41) is 2.87. The summed E-state index contributed by atoms with van der Waals surface area (Å²) in [4.78, 5) is 25.8. The maximum atomic E-state index is 12.1. The van der Waals surface area contributed by atoms with E-state index in [9.17, 15) is 9.59 Å². The maximum Gasteiger partial charge on any atom is 0.234 e. The molecule has 0 spiro atoms. The van der Waals surface area contributed by atoms with E-state index in [2.05, 4.69) is 24.1 Å². The van der Waals surface area contributed by atoms with Crippen LogP contribution < -0.4 is 5.32 Å². The zero-order chi connectivity index (χ0) is 15.3. The van der Waals surface area contributed by atoms with Crippen molar-refractivity contribution in [1.82, 2.24) is 10.2 Å². The van der Waals surface area contributed by atoms with Crippen molar-refractivity contribution in [3.05, 3.63) is 0 Å². The second kappa shape index (κ2) is 7.21. The fourth-order valence-electron chi connectivity index (χ4n) is 2.76. The average molecular weight is 282 g/mol. The number of likely N-dealkylation sites (tertiary alicyclic amines) is 1. The molecule has 1 unspecified atom stereocenters. The highest BCUT2D eigenvalue weighted by molar-refractivity contribution is 5.88. The predicted molar refractivity (Wildman–Crippen MR) is 81.5 cm³/mol. The Morgan fingerprint density at radius 3 is 2.20 bits per heavy atom. The number of hydrogen-bond acceptors (Lipinski definition) is 3. The van der Waals surface area contributed by atoms with E-state index in [0.29, 0.717) is 12.0 Å². The molecule has 20 heavy (non-hydrogen) atoms. The minimum atomic E-state index is -0.354. The smallest absolute Gasteiger partial charge is 0.234 e. The van der Waals surface area contributed by atoms with E-state index in [1.165, 1.54) is 6.42 Å². The van der Waals surface area contributed by atoms with Crippen molar-refractivity contribution < 1.29 is 9.59 Å². The van der Waals surface area contributed by atoms with Crippen LogP contribution in [0.15, 0.2) is 0 Å². The Bertz CT molecular complexity index is 344. The summed E-state index contributed by atoms with van der Waals surface area (Å²) < 4.78 is 0. The topological polar surface area (TPSA) is 49.4 Å². The van der Waals surface area contributed by atoms with Gasteiger partial charge in [-0.1, -0.05) is 34.1 Å². The molecule has 116 valence electrons. The molecule has 0 bridgehead atoms. The van der Waals surface area contributed by atoms with Gasteiger partial charge < -0.3 is 5.32 Å². The quantitative estimate of drug-likeness (QED) is 0.812. The van der Waals surface area contributed by atoms with Crippen molar-refractivity contribution in [3.8, 4) is 0 Å². The molecular weight excluding hydrogens is 252 g/mol. The lowest BCUT2D eigenvalue weighted by atomic mass is 9.78. The van der Waals surface area contributed by atoms with E-state index < -0.39 is 0 Å². The van der Waals surface area contributed by atoms with E-state index in [4.69, 9.17) is 0 Å². The lowest BCUT2D eigenvalue weighted by Crippen LogP contribution is -2.49. The fourth-order valence-corrected chi connectivity index (χ4v) is 2.76. The summed E-state index contributed by atoms with van der Waals surface area (Å²) in [6.45, 7) is 12.4. The molecule has 0 aromatic carbocycles. The summed E-state index contributed by atoms with van der Waals surface area (Å²) in [7, 11) is 0. The molecule has 0 aliphatic carbocycles. The minimum absolute atomic E-state index is 0.0287. The number of carbonyl (C=O) groups is 2. The molecule has 0 radical (unpaired) electrons. The first kappa shape index (κ1) is 17.2. The van der Waals surface area contributed by atoms with E-state index in [-0.39, 0.29) is 23.7 Å². The monoisotopic (exact) mass is 282 g/mol. The molecule has 1 rings (SSSR count). The zero-order valence-corrected chi connectivity index (χ0v) is 13.7. The molecule has 0 aromatic rings. The number of ketones is 1. The first-order valence-electron chi connectivity index (χ1n) is 7.79. The van der Waals surface area contributed by atoms with Crippen LogP contribution in [-0.2, 0) is 9.59 Å². The van der Waals surface area contributed by atoms with E-state index in [1.54, 1.807) is 6.92 Å². The van der Waals surface area contributed by atoms with Crippen molar-refractivity contribution in [2.45, 2.75) is 59.9 Å². The number of piperidine rings is 1. The zero-order valence-electron chi connectivity index (χ0n) is 13.7. The second-order valence-electron chi connectivity index (χ2n) is 6.84. The Morgan fingerprint density at radius 2 is 1.80 bits per heavy atom. The van der Waals surface area contributed by atoms with Crippen LogP contribution in [0.25, 0.3) is 0 Å². The van der Waals surface area contributed by atoms with Gasteiger partial charge in [0.2, 0.25) is 5.91 Å². The molecule has 1 atom stereocenters. The van der Waals surface area contributed by atoms with Crippen LogP contribution in [-0.4, -0.2) is 42.3 Å². The Balaban J connectivity index is 2.42. The molecule has 1 N–H and O–H groups in total. The van der Waals surface area contributed by atoms with Gasteiger partial charge in [-0.05, 0) is 44.2 Å². The summed E-state index contributed by atoms with van der Waals surface area (Å²) in [6.07, 6.45) is 3.50. The second-order valence-corrected chi connectivity index (χ2v) is 6.84. The van der Waals surface area contributed by atoms with Crippen LogP contribution in [0.5, 0.6) is 0 Å². The van der Waals surface area contributed by atoms with Gasteiger partial charge in [0, 0.05) is 0 Å². The van der Waals surface area contributed by atoms with Gasteiger partial charge in [-0.15, -0.1) is 0 Å². The Hall–Kier alpha value is -0.900. The van der Waals surface area contributed by atoms with Gasteiger partial charge >= 0.3 is 0 Å². The Kier molecular flexibility index (Phi) is 6.18. The molecule has 4 nitrogen and oxygen atoms in total. The average Bonchev–Trinajstić information content (AvgIpc) is 2.38. The van der Waals surface area contributed by atoms with Crippen molar-refractivity contribution >= 4 is 11.7 Å². The molecule has 1 heterocycles. The van der Waals surface area contributed by atoms with Gasteiger partial charge in [0.15, 0.2) is 5.78 Å². The molecule has 1 saturated heterocycles. The third-order valence-corrected chi connectivity index (χ3v) is 4.71. The summed E-state index contributed by atoms with van der Waals surface area (Å²) >= 11 is 0. The van der Waals surface area contributed by atoms with Gasteiger partial charge in [0.25, 0.3) is 0 Å². The van der Waals surface area contributed by atoms with Crippen LogP contribution in [0.1, 0.15) is 53.9 Å². The number of Topliss-reactive ketones (excluding diaryl/α,β-unsaturated/α-hetero) is 1. The van der Waals surface area contributed by atoms with E-state index >= 15 is 0 Å². The van der Waals surface area contributed by atoms with Crippen LogP contribution in [0.2, 0.25) is 0 Å². The van der Waals surface area contributed by atoms with Gasteiger partial charge in [0.1, 0.15) is 0 Å². The highest BCUT2D eigenvalue weighted by Gasteiger charge is 2.29. The van der Waals surface area contributed by atoms with Crippen molar-refractivity contribution in [2.24, 2.45) is 11.3 Å². The first-order chi connectivity index (χ1) is 9.27. The van der Waals surface area contributed by atoms with Crippen LogP contribution in [0, 0.1) is 11.3 Å².